The average molecular weight is 168 g/mol. The lowest BCUT2D eigenvalue weighted by atomic mass is 10.1. The Morgan fingerprint density at radius 3 is 2.58 bits per heavy atom. The van der Waals surface area contributed by atoms with Gasteiger partial charge in [-0.15, -0.1) is 0 Å². The number of hydrogen-bond donors (Lipinski definition) is 1. The third kappa shape index (κ3) is 1.20. The minimum Gasteiger partial charge on any atom is -0.476 e. The summed E-state index contributed by atoms with van der Waals surface area (Å²) in [5.74, 6) is -0.949. The summed E-state index contributed by atoms with van der Waals surface area (Å²) in [5.41, 5.74) is 1.93. The molecule has 0 atom stereocenters. The maximum absolute atomic E-state index is 10.7. The van der Waals surface area contributed by atoms with Gasteiger partial charge in [0.2, 0.25) is 0 Å². The Labute approximate surface area is 70.8 Å². The SMILES string of the molecule is CCc1c(C(=O)O)nn(C)c1C. The Kier molecular flexibility index (Phi) is 2.17. The molecule has 1 aromatic rings. The summed E-state index contributed by atoms with van der Waals surface area (Å²) in [6.07, 6.45) is 0.710. The van der Waals surface area contributed by atoms with Gasteiger partial charge < -0.3 is 5.11 Å². The first-order chi connectivity index (χ1) is 5.57. The van der Waals surface area contributed by atoms with E-state index < -0.39 is 5.97 Å². The monoisotopic (exact) mass is 168 g/mol. The molecular weight excluding hydrogens is 156 g/mol. The number of carboxylic acid groups (broad SMARTS) is 1. The first kappa shape index (κ1) is 8.77. The molecule has 0 saturated heterocycles. The van der Waals surface area contributed by atoms with Crippen molar-refractivity contribution >= 4 is 5.97 Å². The van der Waals surface area contributed by atoms with Crippen LogP contribution in [0.5, 0.6) is 0 Å². The molecule has 0 radical (unpaired) electrons. The second-order valence-electron chi connectivity index (χ2n) is 2.69. The molecule has 1 rings (SSSR count). The van der Waals surface area contributed by atoms with Gasteiger partial charge >= 0.3 is 5.97 Å². The van der Waals surface area contributed by atoms with E-state index in [9.17, 15) is 4.79 Å². The summed E-state index contributed by atoms with van der Waals surface area (Å²) < 4.78 is 1.60. The van der Waals surface area contributed by atoms with Gasteiger partial charge in [-0.3, -0.25) is 4.68 Å². The van der Waals surface area contributed by atoms with Crippen LogP contribution in [0, 0.1) is 6.92 Å². The maximum Gasteiger partial charge on any atom is 0.356 e. The van der Waals surface area contributed by atoms with Gasteiger partial charge in [0.25, 0.3) is 0 Å². The number of carbonyl (C=O) groups is 1. The van der Waals surface area contributed by atoms with Crippen LogP contribution < -0.4 is 0 Å². The van der Waals surface area contributed by atoms with Gasteiger partial charge in [0.05, 0.1) is 0 Å². The number of carboxylic acids is 1. The fourth-order valence-electron chi connectivity index (χ4n) is 1.25. The molecule has 0 amide bonds. The van der Waals surface area contributed by atoms with Gasteiger partial charge in [0.15, 0.2) is 5.69 Å². The van der Waals surface area contributed by atoms with E-state index in [2.05, 4.69) is 5.10 Å². The normalized spacial score (nSPS) is 10.2. The number of aromatic nitrogens is 2. The molecular formula is C8H12N2O2. The predicted octanol–water partition coefficient (Wildman–Crippen LogP) is 0.989. The Morgan fingerprint density at radius 2 is 2.25 bits per heavy atom. The highest BCUT2D eigenvalue weighted by Gasteiger charge is 2.16. The molecule has 0 spiro atoms. The highest BCUT2D eigenvalue weighted by Crippen LogP contribution is 2.12. The quantitative estimate of drug-likeness (QED) is 0.716. The maximum atomic E-state index is 10.7. The molecule has 0 aliphatic carbocycles. The lowest BCUT2D eigenvalue weighted by Crippen LogP contribution is -2.01. The minimum absolute atomic E-state index is 0.178. The second-order valence-corrected chi connectivity index (χ2v) is 2.69. The van der Waals surface area contributed by atoms with Crippen LogP contribution in [0.15, 0.2) is 0 Å². The Hall–Kier alpha value is -1.32. The van der Waals surface area contributed by atoms with E-state index in [4.69, 9.17) is 5.11 Å². The molecule has 0 saturated carbocycles. The van der Waals surface area contributed by atoms with E-state index >= 15 is 0 Å². The molecule has 12 heavy (non-hydrogen) atoms. The summed E-state index contributed by atoms with van der Waals surface area (Å²) in [6, 6.07) is 0. The van der Waals surface area contributed by atoms with Crippen LogP contribution in [0.4, 0.5) is 0 Å². The topological polar surface area (TPSA) is 55.1 Å². The van der Waals surface area contributed by atoms with Crippen LogP contribution in [0.2, 0.25) is 0 Å². The second kappa shape index (κ2) is 2.97. The van der Waals surface area contributed by atoms with Gasteiger partial charge in [0.1, 0.15) is 0 Å². The van der Waals surface area contributed by atoms with Crippen LogP contribution in [-0.4, -0.2) is 20.9 Å². The molecule has 1 aromatic heterocycles. The third-order valence-electron chi connectivity index (χ3n) is 2.01. The number of aryl methyl sites for hydroxylation is 1. The smallest absolute Gasteiger partial charge is 0.356 e. The van der Waals surface area contributed by atoms with E-state index in [0.717, 1.165) is 11.3 Å². The predicted molar refractivity (Wildman–Crippen MR) is 44.3 cm³/mol. The van der Waals surface area contributed by atoms with E-state index in [1.54, 1.807) is 11.7 Å². The third-order valence-corrected chi connectivity index (χ3v) is 2.01. The van der Waals surface area contributed by atoms with Gasteiger partial charge in [-0.05, 0) is 13.3 Å². The standard InChI is InChI=1S/C8H12N2O2/c1-4-6-5(2)10(3)9-7(6)8(11)12/h4H2,1-3H3,(H,11,12). The summed E-state index contributed by atoms with van der Waals surface area (Å²) >= 11 is 0. The molecule has 4 nitrogen and oxygen atoms in total. The minimum atomic E-state index is -0.949. The zero-order valence-electron chi connectivity index (χ0n) is 7.46. The van der Waals surface area contributed by atoms with Gasteiger partial charge in [0, 0.05) is 18.3 Å². The first-order valence-corrected chi connectivity index (χ1v) is 3.83. The number of rotatable bonds is 2. The summed E-state index contributed by atoms with van der Waals surface area (Å²) in [7, 11) is 1.75. The Balaban J connectivity index is 3.29. The number of hydrogen-bond acceptors (Lipinski definition) is 2. The van der Waals surface area contributed by atoms with E-state index in [1.165, 1.54) is 0 Å². The molecule has 0 aliphatic rings. The van der Waals surface area contributed by atoms with Crippen molar-refractivity contribution in [1.29, 1.82) is 0 Å². The van der Waals surface area contributed by atoms with Gasteiger partial charge in [-0.1, -0.05) is 6.92 Å². The molecule has 0 bridgehead atoms. The Morgan fingerprint density at radius 1 is 1.67 bits per heavy atom. The lowest BCUT2D eigenvalue weighted by molar-refractivity contribution is 0.0688. The highest BCUT2D eigenvalue weighted by molar-refractivity contribution is 5.87. The van der Waals surface area contributed by atoms with Crippen molar-refractivity contribution in [3.63, 3.8) is 0 Å². The van der Waals surface area contributed by atoms with E-state index in [-0.39, 0.29) is 5.69 Å². The summed E-state index contributed by atoms with van der Waals surface area (Å²) in [5, 5.41) is 12.7. The zero-order valence-corrected chi connectivity index (χ0v) is 7.46. The van der Waals surface area contributed by atoms with Crippen molar-refractivity contribution in [2.75, 3.05) is 0 Å². The average Bonchev–Trinajstić information content (AvgIpc) is 2.29. The van der Waals surface area contributed by atoms with Crippen LogP contribution in [-0.2, 0) is 13.5 Å². The zero-order chi connectivity index (χ0) is 9.30. The van der Waals surface area contributed by atoms with Crippen molar-refractivity contribution in [3.8, 4) is 0 Å². The summed E-state index contributed by atoms with van der Waals surface area (Å²) in [6.45, 7) is 3.80. The molecule has 0 fully saturated rings. The molecule has 0 aromatic carbocycles. The van der Waals surface area contributed by atoms with Crippen LogP contribution in [0.25, 0.3) is 0 Å². The largest absolute Gasteiger partial charge is 0.476 e. The molecule has 1 N–H and O–H groups in total. The number of aromatic carboxylic acids is 1. The first-order valence-electron chi connectivity index (χ1n) is 3.83. The molecule has 66 valence electrons. The van der Waals surface area contributed by atoms with Crippen LogP contribution in [0.1, 0.15) is 28.7 Å². The molecule has 4 heteroatoms. The number of nitrogens with zero attached hydrogens (tertiary/aromatic N) is 2. The summed E-state index contributed by atoms with van der Waals surface area (Å²) in [4.78, 5) is 10.7. The Bertz CT molecular complexity index is 315. The molecule has 1 heterocycles. The van der Waals surface area contributed by atoms with Crippen molar-refractivity contribution in [2.45, 2.75) is 20.3 Å². The highest BCUT2D eigenvalue weighted by atomic mass is 16.4. The van der Waals surface area contributed by atoms with Crippen molar-refractivity contribution in [3.05, 3.63) is 17.0 Å². The van der Waals surface area contributed by atoms with Gasteiger partial charge in [-0.2, -0.15) is 5.10 Å². The lowest BCUT2D eigenvalue weighted by Gasteiger charge is -1.95. The fraction of sp³-hybridized carbons (Fsp3) is 0.500. The van der Waals surface area contributed by atoms with E-state index in [1.807, 2.05) is 13.8 Å². The van der Waals surface area contributed by atoms with E-state index in [0.29, 0.717) is 6.42 Å². The van der Waals surface area contributed by atoms with Crippen molar-refractivity contribution < 1.29 is 9.90 Å². The molecule has 0 aliphatic heterocycles. The van der Waals surface area contributed by atoms with Gasteiger partial charge in [-0.25, -0.2) is 4.79 Å². The van der Waals surface area contributed by atoms with Crippen molar-refractivity contribution in [2.24, 2.45) is 7.05 Å². The van der Waals surface area contributed by atoms with Crippen LogP contribution >= 0.6 is 0 Å². The van der Waals surface area contributed by atoms with Crippen LogP contribution in [0.3, 0.4) is 0 Å². The fourth-order valence-corrected chi connectivity index (χ4v) is 1.25. The van der Waals surface area contributed by atoms with Crippen molar-refractivity contribution in [1.82, 2.24) is 9.78 Å². The molecule has 0 unspecified atom stereocenters.